The van der Waals surface area contributed by atoms with E-state index in [9.17, 15) is 0 Å². The summed E-state index contributed by atoms with van der Waals surface area (Å²) in [5, 5.41) is 3.34. The maximum absolute atomic E-state index is 6.31. The molecule has 1 aromatic heterocycles. The molecular formula is C14H23ClN2O. The molecule has 1 atom stereocenters. The van der Waals surface area contributed by atoms with Gasteiger partial charge in [0.25, 0.3) is 0 Å². The number of hydrogen-bond acceptors (Lipinski definition) is 3. The molecule has 0 bridgehead atoms. The summed E-state index contributed by atoms with van der Waals surface area (Å²) in [5.41, 5.74) is 0.237. The summed E-state index contributed by atoms with van der Waals surface area (Å²) in [6.07, 6.45) is 2.70. The van der Waals surface area contributed by atoms with Crippen molar-refractivity contribution in [1.82, 2.24) is 4.98 Å². The molecule has 3 nitrogen and oxygen atoms in total. The molecular weight excluding hydrogens is 248 g/mol. The Hall–Kier alpha value is -0.960. The Bertz CT molecular complexity index is 363. The van der Waals surface area contributed by atoms with Gasteiger partial charge in [-0.15, -0.1) is 11.6 Å². The van der Waals surface area contributed by atoms with Gasteiger partial charge in [-0.1, -0.05) is 20.8 Å². The average molecular weight is 271 g/mol. The first-order valence-electron chi connectivity index (χ1n) is 6.38. The smallest absolute Gasteiger partial charge is 0.168 e. The molecule has 102 valence electrons. The lowest BCUT2D eigenvalue weighted by atomic mass is 9.90. The molecule has 0 amide bonds. The van der Waals surface area contributed by atoms with Gasteiger partial charge in [-0.2, -0.15) is 0 Å². The van der Waals surface area contributed by atoms with Crippen LogP contribution >= 0.6 is 11.6 Å². The van der Waals surface area contributed by atoms with Crippen molar-refractivity contribution in [3.8, 4) is 5.75 Å². The summed E-state index contributed by atoms with van der Waals surface area (Å²) in [7, 11) is 0. The third-order valence-corrected chi connectivity index (χ3v) is 2.70. The van der Waals surface area contributed by atoms with Gasteiger partial charge in [0.1, 0.15) is 0 Å². The molecule has 0 aliphatic carbocycles. The molecule has 0 aliphatic rings. The van der Waals surface area contributed by atoms with Gasteiger partial charge in [-0.3, -0.25) is 0 Å². The summed E-state index contributed by atoms with van der Waals surface area (Å²) in [5.74, 6) is 1.54. The predicted octanol–water partition coefficient (Wildman–Crippen LogP) is 3.94. The number of nitrogens with one attached hydrogen (secondary N) is 1. The number of halogens is 1. The lowest BCUT2D eigenvalue weighted by molar-refractivity contribution is 0.340. The van der Waals surface area contributed by atoms with Gasteiger partial charge >= 0.3 is 0 Å². The fourth-order valence-electron chi connectivity index (χ4n) is 1.74. The standard InChI is InChI=1S/C14H23ClN2O/c1-5-18-12-7-6-8-16-13(12)17-10-11(15)9-14(2,3)4/h6-8,11H,5,9-10H2,1-4H3,(H,16,17). The summed E-state index contributed by atoms with van der Waals surface area (Å²) >= 11 is 6.31. The van der Waals surface area contributed by atoms with Crippen LogP contribution in [-0.4, -0.2) is 23.5 Å². The van der Waals surface area contributed by atoms with E-state index in [1.807, 2.05) is 19.1 Å². The minimum absolute atomic E-state index is 0.0847. The van der Waals surface area contributed by atoms with Crippen LogP contribution in [0.1, 0.15) is 34.1 Å². The van der Waals surface area contributed by atoms with E-state index in [0.29, 0.717) is 13.2 Å². The van der Waals surface area contributed by atoms with E-state index in [4.69, 9.17) is 16.3 Å². The van der Waals surface area contributed by atoms with Crippen molar-refractivity contribution in [3.63, 3.8) is 0 Å². The Morgan fingerprint density at radius 2 is 2.17 bits per heavy atom. The lowest BCUT2D eigenvalue weighted by Gasteiger charge is -2.22. The third-order valence-electron chi connectivity index (χ3n) is 2.40. The van der Waals surface area contributed by atoms with E-state index in [1.54, 1.807) is 6.20 Å². The number of anilines is 1. The van der Waals surface area contributed by atoms with Crippen molar-refractivity contribution in [2.75, 3.05) is 18.5 Å². The first-order valence-corrected chi connectivity index (χ1v) is 6.82. The molecule has 1 N–H and O–H groups in total. The number of nitrogens with zero attached hydrogens (tertiary/aromatic N) is 1. The largest absolute Gasteiger partial charge is 0.490 e. The normalized spacial score (nSPS) is 13.2. The van der Waals surface area contributed by atoms with E-state index in [1.165, 1.54) is 0 Å². The molecule has 1 unspecified atom stereocenters. The Labute approximate surface area is 115 Å². The second-order valence-corrected chi connectivity index (χ2v) is 6.14. The Morgan fingerprint density at radius 3 is 2.78 bits per heavy atom. The number of rotatable bonds is 6. The van der Waals surface area contributed by atoms with Crippen LogP contribution in [0.4, 0.5) is 5.82 Å². The van der Waals surface area contributed by atoms with E-state index in [2.05, 4.69) is 31.1 Å². The zero-order valence-electron chi connectivity index (χ0n) is 11.7. The molecule has 0 saturated carbocycles. The van der Waals surface area contributed by atoms with E-state index >= 15 is 0 Å². The van der Waals surface area contributed by atoms with Gasteiger partial charge < -0.3 is 10.1 Å². The number of pyridine rings is 1. The molecule has 0 fully saturated rings. The van der Waals surface area contributed by atoms with Gasteiger partial charge in [0.15, 0.2) is 11.6 Å². The number of alkyl halides is 1. The summed E-state index contributed by atoms with van der Waals surface area (Å²) in [6, 6.07) is 3.77. The van der Waals surface area contributed by atoms with Gasteiger partial charge in [0.05, 0.1) is 12.0 Å². The maximum Gasteiger partial charge on any atom is 0.168 e. The first-order chi connectivity index (χ1) is 8.42. The third kappa shape index (κ3) is 5.58. The topological polar surface area (TPSA) is 34.1 Å². The van der Waals surface area contributed by atoms with Crippen LogP contribution in [0.2, 0.25) is 0 Å². The summed E-state index contributed by atoms with van der Waals surface area (Å²) < 4.78 is 5.50. The fourth-order valence-corrected chi connectivity index (χ4v) is 2.28. The zero-order chi connectivity index (χ0) is 13.6. The highest BCUT2D eigenvalue weighted by Gasteiger charge is 2.17. The molecule has 0 aromatic carbocycles. The monoisotopic (exact) mass is 270 g/mol. The van der Waals surface area contributed by atoms with Crippen molar-refractivity contribution in [2.24, 2.45) is 5.41 Å². The van der Waals surface area contributed by atoms with E-state index in [0.717, 1.165) is 18.0 Å². The van der Waals surface area contributed by atoms with Crippen molar-refractivity contribution in [1.29, 1.82) is 0 Å². The zero-order valence-corrected chi connectivity index (χ0v) is 12.4. The van der Waals surface area contributed by atoms with E-state index in [-0.39, 0.29) is 10.8 Å². The Morgan fingerprint density at radius 1 is 1.44 bits per heavy atom. The van der Waals surface area contributed by atoms with Gasteiger partial charge in [-0.25, -0.2) is 4.98 Å². The number of hydrogen-bond donors (Lipinski definition) is 1. The SMILES string of the molecule is CCOc1cccnc1NCC(Cl)CC(C)(C)C. The number of ether oxygens (including phenoxy) is 1. The molecule has 4 heteroatoms. The number of aromatic nitrogens is 1. The maximum atomic E-state index is 6.31. The van der Waals surface area contributed by atoms with Crippen LogP contribution in [-0.2, 0) is 0 Å². The van der Waals surface area contributed by atoms with Crippen molar-refractivity contribution in [2.45, 2.75) is 39.5 Å². The van der Waals surface area contributed by atoms with Gasteiger partial charge in [0.2, 0.25) is 0 Å². The fraction of sp³-hybridized carbons (Fsp3) is 0.643. The Balaban J connectivity index is 2.52. The van der Waals surface area contributed by atoms with Gasteiger partial charge in [-0.05, 0) is 30.9 Å². The predicted molar refractivity (Wildman–Crippen MR) is 77.6 cm³/mol. The van der Waals surface area contributed by atoms with Crippen molar-refractivity contribution < 1.29 is 4.74 Å². The Kier molecular flexibility index (Phi) is 5.73. The van der Waals surface area contributed by atoms with Crippen LogP contribution in [0.15, 0.2) is 18.3 Å². The second kappa shape index (κ2) is 6.83. The lowest BCUT2D eigenvalue weighted by Crippen LogP contribution is -2.21. The molecule has 0 aliphatic heterocycles. The van der Waals surface area contributed by atoms with Crippen LogP contribution in [0.25, 0.3) is 0 Å². The summed E-state index contributed by atoms with van der Waals surface area (Å²) in [6.45, 7) is 9.85. The molecule has 1 heterocycles. The van der Waals surface area contributed by atoms with Crippen molar-refractivity contribution in [3.05, 3.63) is 18.3 Å². The second-order valence-electron chi connectivity index (χ2n) is 5.53. The molecule has 18 heavy (non-hydrogen) atoms. The highest BCUT2D eigenvalue weighted by atomic mass is 35.5. The quantitative estimate of drug-likeness (QED) is 0.795. The van der Waals surface area contributed by atoms with Crippen LogP contribution in [0, 0.1) is 5.41 Å². The van der Waals surface area contributed by atoms with Crippen LogP contribution in [0.5, 0.6) is 5.75 Å². The first kappa shape index (κ1) is 15.1. The van der Waals surface area contributed by atoms with Gasteiger partial charge in [0, 0.05) is 12.7 Å². The highest BCUT2D eigenvalue weighted by Crippen LogP contribution is 2.25. The van der Waals surface area contributed by atoms with Crippen molar-refractivity contribution >= 4 is 17.4 Å². The minimum atomic E-state index is 0.0847. The summed E-state index contributed by atoms with van der Waals surface area (Å²) in [4.78, 5) is 4.27. The van der Waals surface area contributed by atoms with Crippen LogP contribution < -0.4 is 10.1 Å². The molecule has 0 radical (unpaired) electrons. The van der Waals surface area contributed by atoms with E-state index < -0.39 is 0 Å². The molecule has 1 rings (SSSR count). The molecule has 0 saturated heterocycles. The minimum Gasteiger partial charge on any atom is -0.490 e. The molecule has 1 aromatic rings. The van der Waals surface area contributed by atoms with Crippen LogP contribution in [0.3, 0.4) is 0 Å². The molecule has 0 spiro atoms. The average Bonchev–Trinajstić information content (AvgIpc) is 2.26. The highest BCUT2D eigenvalue weighted by molar-refractivity contribution is 6.20.